The summed E-state index contributed by atoms with van der Waals surface area (Å²) in [6, 6.07) is 11.3. The number of amides is 3. The quantitative estimate of drug-likeness (QED) is 0.741. The number of fused-ring (bicyclic) bond motifs is 6. The fourth-order valence-corrected chi connectivity index (χ4v) is 6.30. The SMILES string of the molecule is CC(C)S(=O)(=O)N1CC2CC1C1C(=O)N(c3cccc4ccccc34)C(=O)N21. The maximum Gasteiger partial charge on any atom is 0.332 e. The van der Waals surface area contributed by atoms with Gasteiger partial charge in [-0.2, -0.15) is 4.31 Å². The first-order valence-corrected chi connectivity index (χ1v) is 11.0. The van der Waals surface area contributed by atoms with Crippen LogP contribution in [0, 0.1) is 0 Å². The molecule has 5 rings (SSSR count). The highest BCUT2D eigenvalue weighted by Gasteiger charge is 2.64. The number of hydrogen-bond donors (Lipinski definition) is 0. The van der Waals surface area contributed by atoms with Crippen LogP contribution in [0.1, 0.15) is 20.3 Å². The van der Waals surface area contributed by atoms with E-state index in [4.69, 9.17) is 0 Å². The summed E-state index contributed by atoms with van der Waals surface area (Å²) in [6.45, 7) is 3.55. The van der Waals surface area contributed by atoms with E-state index in [1.807, 2.05) is 36.4 Å². The van der Waals surface area contributed by atoms with Crippen LogP contribution < -0.4 is 4.90 Å². The van der Waals surface area contributed by atoms with Gasteiger partial charge >= 0.3 is 6.03 Å². The first-order chi connectivity index (χ1) is 13.3. The third-order valence-corrected chi connectivity index (χ3v) is 8.41. The predicted molar refractivity (Wildman–Crippen MR) is 105 cm³/mol. The fraction of sp³-hybridized carbons (Fsp3) is 0.400. The second-order valence-electron chi connectivity index (χ2n) is 7.93. The Morgan fingerprint density at radius 3 is 2.50 bits per heavy atom. The minimum atomic E-state index is -3.48. The van der Waals surface area contributed by atoms with Crippen molar-refractivity contribution in [1.29, 1.82) is 0 Å². The molecule has 3 unspecified atom stereocenters. The van der Waals surface area contributed by atoms with Crippen molar-refractivity contribution in [2.75, 3.05) is 11.4 Å². The molecule has 28 heavy (non-hydrogen) atoms. The van der Waals surface area contributed by atoms with Crippen LogP contribution in [0.4, 0.5) is 10.5 Å². The number of benzene rings is 2. The monoisotopic (exact) mass is 399 g/mol. The molecule has 8 heteroatoms. The summed E-state index contributed by atoms with van der Waals surface area (Å²) in [5.41, 5.74) is 0.556. The maximum atomic E-state index is 13.3. The molecule has 2 aromatic rings. The molecule has 2 bridgehead atoms. The molecule has 3 aliphatic heterocycles. The summed E-state index contributed by atoms with van der Waals surface area (Å²) in [5, 5.41) is 1.22. The van der Waals surface area contributed by atoms with Crippen LogP contribution >= 0.6 is 0 Å². The third-order valence-electron chi connectivity index (χ3n) is 6.15. The molecule has 3 saturated heterocycles. The molecule has 2 aromatic carbocycles. The molecule has 3 atom stereocenters. The summed E-state index contributed by atoms with van der Waals surface area (Å²) < 4.78 is 26.9. The molecule has 3 aliphatic rings. The van der Waals surface area contributed by atoms with Crippen molar-refractivity contribution in [1.82, 2.24) is 9.21 Å². The van der Waals surface area contributed by atoms with Gasteiger partial charge in [-0.25, -0.2) is 18.1 Å². The smallest absolute Gasteiger partial charge is 0.306 e. The first-order valence-electron chi connectivity index (χ1n) is 9.47. The highest BCUT2D eigenvalue weighted by Crippen LogP contribution is 2.44. The Kier molecular flexibility index (Phi) is 3.64. The molecule has 3 fully saturated rings. The summed E-state index contributed by atoms with van der Waals surface area (Å²) in [6.07, 6.45) is 0.525. The number of carbonyl (C=O) groups is 2. The standard InChI is InChI=1S/C20H21N3O4S/c1-12(2)28(26,27)21-11-14-10-17(21)18-19(24)23(20(25)22(14)18)16-9-5-7-13-6-3-4-8-15(13)16/h3-9,12,14,17-18H,10-11H2,1-2H3. The van der Waals surface area contributed by atoms with Crippen molar-refractivity contribution in [3.8, 4) is 0 Å². The van der Waals surface area contributed by atoms with Crippen LogP contribution in [0.2, 0.25) is 0 Å². The Hall–Kier alpha value is -2.45. The van der Waals surface area contributed by atoms with Crippen LogP contribution in [0.5, 0.6) is 0 Å². The molecule has 0 radical (unpaired) electrons. The Morgan fingerprint density at radius 2 is 1.75 bits per heavy atom. The van der Waals surface area contributed by atoms with E-state index in [1.165, 1.54) is 9.21 Å². The number of anilines is 1. The summed E-state index contributed by atoms with van der Waals surface area (Å²) in [4.78, 5) is 29.3. The summed E-state index contributed by atoms with van der Waals surface area (Å²) in [7, 11) is -3.48. The van der Waals surface area contributed by atoms with Crippen molar-refractivity contribution < 1.29 is 18.0 Å². The number of sulfonamides is 1. The normalized spacial score (nSPS) is 27.5. The van der Waals surface area contributed by atoms with Crippen LogP contribution in [0.15, 0.2) is 42.5 Å². The van der Waals surface area contributed by atoms with Gasteiger partial charge in [0.05, 0.1) is 17.0 Å². The fourth-order valence-electron chi connectivity index (χ4n) is 4.80. The number of rotatable bonds is 3. The van der Waals surface area contributed by atoms with Crippen molar-refractivity contribution >= 4 is 38.4 Å². The third kappa shape index (κ3) is 2.15. The minimum Gasteiger partial charge on any atom is -0.306 e. The molecule has 0 aliphatic carbocycles. The number of imide groups is 1. The first kappa shape index (κ1) is 17.6. The van der Waals surface area contributed by atoms with Crippen LogP contribution in [-0.4, -0.2) is 59.5 Å². The number of urea groups is 1. The second-order valence-corrected chi connectivity index (χ2v) is 10.4. The Morgan fingerprint density at radius 1 is 1.04 bits per heavy atom. The highest BCUT2D eigenvalue weighted by molar-refractivity contribution is 7.89. The lowest BCUT2D eigenvalue weighted by Gasteiger charge is -2.34. The Bertz CT molecular complexity index is 1110. The summed E-state index contributed by atoms with van der Waals surface area (Å²) >= 11 is 0. The van der Waals surface area contributed by atoms with E-state index in [0.717, 1.165) is 10.8 Å². The van der Waals surface area contributed by atoms with Gasteiger partial charge in [0.2, 0.25) is 10.0 Å². The molecule has 0 saturated carbocycles. The van der Waals surface area contributed by atoms with E-state index in [2.05, 4.69) is 0 Å². The average Bonchev–Trinajstić information content (AvgIpc) is 3.33. The Labute approximate surface area is 163 Å². The van der Waals surface area contributed by atoms with E-state index in [1.54, 1.807) is 24.8 Å². The van der Waals surface area contributed by atoms with E-state index < -0.39 is 27.4 Å². The van der Waals surface area contributed by atoms with E-state index in [0.29, 0.717) is 12.1 Å². The number of carbonyl (C=O) groups excluding carboxylic acids is 2. The van der Waals surface area contributed by atoms with Gasteiger partial charge in [-0.05, 0) is 31.7 Å². The topological polar surface area (TPSA) is 78.0 Å². The number of piperazine rings is 1. The predicted octanol–water partition coefficient (Wildman–Crippen LogP) is 2.17. The lowest BCUT2D eigenvalue weighted by Crippen LogP contribution is -2.55. The van der Waals surface area contributed by atoms with Gasteiger partial charge in [-0.3, -0.25) is 4.79 Å². The van der Waals surface area contributed by atoms with Gasteiger partial charge < -0.3 is 4.90 Å². The zero-order valence-electron chi connectivity index (χ0n) is 15.6. The molecule has 0 spiro atoms. The minimum absolute atomic E-state index is 0.250. The summed E-state index contributed by atoms with van der Waals surface area (Å²) in [5.74, 6) is -0.336. The van der Waals surface area contributed by atoms with Gasteiger partial charge in [0.15, 0.2) is 0 Å². The molecule has 7 nitrogen and oxygen atoms in total. The lowest BCUT2D eigenvalue weighted by molar-refractivity contribution is -0.120. The Balaban J connectivity index is 1.56. The molecular formula is C20H21N3O4S. The van der Waals surface area contributed by atoms with Gasteiger partial charge in [-0.1, -0.05) is 36.4 Å². The van der Waals surface area contributed by atoms with Crippen molar-refractivity contribution in [2.24, 2.45) is 0 Å². The molecule has 3 heterocycles. The molecular weight excluding hydrogens is 378 g/mol. The van der Waals surface area contributed by atoms with E-state index in [-0.39, 0.29) is 24.5 Å². The molecule has 3 amide bonds. The number of hydrogen-bond acceptors (Lipinski definition) is 4. The van der Waals surface area contributed by atoms with E-state index in [9.17, 15) is 18.0 Å². The highest BCUT2D eigenvalue weighted by atomic mass is 32.2. The van der Waals surface area contributed by atoms with Crippen LogP contribution in [0.3, 0.4) is 0 Å². The van der Waals surface area contributed by atoms with E-state index >= 15 is 0 Å². The molecule has 0 N–H and O–H groups in total. The zero-order chi connectivity index (χ0) is 19.8. The van der Waals surface area contributed by atoms with Crippen molar-refractivity contribution in [3.05, 3.63) is 42.5 Å². The largest absolute Gasteiger partial charge is 0.332 e. The second kappa shape index (κ2) is 5.78. The van der Waals surface area contributed by atoms with Gasteiger partial charge in [-0.15, -0.1) is 0 Å². The van der Waals surface area contributed by atoms with Crippen molar-refractivity contribution in [2.45, 2.75) is 43.6 Å². The average molecular weight is 399 g/mol. The zero-order valence-corrected chi connectivity index (χ0v) is 16.5. The molecule has 0 aromatic heterocycles. The van der Waals surface area contributed by atoms with Gasteiger partial charge in [0.25, 0.3) is 5.91 Å². The van der Waals surface area contributed by atoms with Crippen LogP contribution in [-0.2, 0) is 14.8 Å². The van der Waals surface area contributed by atoms with Crippen LogP contribution in [0.25, 0.3) is 10.8 Å². The lowest BCUT2D eigenvalue weighted by atomic mass is 10.1. The van der Waals surface area contributed by atoms with Crippen molar-refractivity contribution in [3.63, 3.8) is 0 Å². The van der Waals surface area contributed by atoms with Gasteiger partial charge in [0, 0.05) is 18.0 Å². The molecule has 146 valence electrons. The van der Waals surface area contributed by atoms with Gasteiger partial charge in [0.1, 0.15) is 6.04 Å². The number of nitrogens with zero attached hydrogens (tertiary/aromatic N) is 3. The maximum absolute atomic E-state index is 13.3.